The van der Waals surface area contributed by atoms with Crippen molar-refractivity contribution in [3.63, 3.8) is 0 Å². The Morgan fingerprint density at radius 2 is 1.86 bits per heavy atom. The van der Waals surface area contributed by atoms with E-state index in [2.05, 4.69) is 5.32 Å². The van der Waals surface area contributed by atoms with Crippen LogP contribution in [0.1, 0.15) is 20.0 Å². The molecule has 0 unspecified atom stereocenters. The van der Waals surface area contributed by atoms with Crippen LogP contribution in [0.5, 0.6) is 0 Å². The van der Waals surface area contributed by atoms with Crippen molar-refractivity contribution in [2.75, 3.05) is 11.9 Å². The lowest BCUT2D eigenvalue weighted by molar-refractivity contribution is -0.123. The molecule has 22 heavy (non-hydrogen) atoms. The summed E-state index contributed by atoms with van der Waals surface area (Å²) in [6.07, 6.45) is -4.47. The summed E-state index contributed by atoms with van der Waals surface area (Å²) >= 11 is 1.26. The van der Waals surface area contributed by atoms with Gasteiger partial charge in [0, 0.05) is 11.3 Å². The molecule has 0 aliphatic carbocycles. The second-order valence-corrected chi connectivity index (χ2v) is 5.26. The molecule has 0 bridgehead atoms. The van der Waals surface area contributed by atoms with E-state index in [0.717, 1.165) is 0 Å². The van der Waals surface area contributed by atoms with Gasteiger partial charge in [-0.2, -0.15) is 13.2 Å². The Kier molecular flexibility index (Phi) is 4.81. The minimum Gasteiger partial charge on any atom is -0.343 e. The SMILES string of the molecule is O=C(NCC(F)(F)F)c1cccc(NC(=O)c2cccs2)c1. The Labute approximate surface area is 128 Å². The average Bonchev–Trinajstić information content (AvgIpc) is 2.98. The number of alkyl halides is 3. The van der Waals surface area contributed by atoms with Gasteiger partial charge < -0.3 is 10.6 Å². The molecule has 2 aromatic rings. The number of thiophene rings is 1. The second kappa shape index (κ2) is 6.61. The van der Waals surface area contributed by atoms with Gasteiger partial charge in [-0.3, -0.25) is 9.59 Å². The fourth-order valence-corrected chi connectivity index (χ4v) is 2.24. The van der Waals surface area contributed by atoms with Crippen LogP contribution in [0.3, 0.4) is 0 Å². The van der Waals surface area contributed by atoms with Crippen molar-refractivity contribution in [3.8, 4) is 0 Å². The highest BCUT2D eigenvalue weighted by molar-refractivity contribution is 7.12. The van der Waals surface area contributed by atoms with E-state index in [4.69, 9.17) is 0 Å². The number of hydrogen-bond acceptors (Lipinski definition) is 3. The number of amides is 2. The number of nitrogens with one attached hydrogen (secondary N) is 2. The summed E-state index contributed by atoms with van der Waals surface area (Å²) in [5.74, 6) is -1.20. The lowest BCUT2D eigenvalue weighted by Gasteiger charge is -2.09. The number of benzene rings is 1. The van der Waals surface area contributed by atoms with E-state index in [1.165, 1.54) is 29.5 Å². The van der Waals surface area contributed by atoms with Gasteiger partial charge in [-0.05, 0) is 29.6 Å². The first kappa shape index (κ1) is 16.0. The number of hydrogen-bond donors (Lipinski definition) is 2. The molecule has 0 aliphatic heterocycles. The standard InChI is InChI=1S/C14H11F3N2O2S/c15-14(16,17)8-18-12(20)9-3-1-4-10(7-9)19-13(21)11-5-2-6-22-11/h1-7H,8H2,(H,18,20)(H,19,21). The Bertz CT molecular complexity index is 669. The van der Waals surface area contributed by atoms with Crippen molar-refractivity contribution in [1.29, 1.82) is 0 Å². The molecule has 8 heteroatoms. The molecule has 2 amide bonds. The zero-order chi connectivity index (χ0) is 16.2. The average molecular weight is 328 g/mol. The zero-order valence-corrected chi connectivity index (χ0v) is 11.9. The molecule has 1 aromatic carbocycles. The molecule has 0 spiro atoms. The molecular weight excluding hydrogens is 317 g/mol. The molecule has 4 nitrogen and oxygen atoms in total. The van der Waals surface area contributed by atoms with Crippen LogP contribution in [0.15, 0.2) is 41.8 Å². The van der Waals surface area contributed by atoms with E-state index < -0.39 is 18.6 Å². The third-order valence-corrected chi connectivity index (χ3v) is 3.45. The first-order chi connectivity index (χ1) is 10.3. The lowest BCUT2D eigenvalue weighted by atomic mass is 10.2. The summed E-state index contributed by atoms with van der Waals surface area (Å²) in [7, 11) is 0. The van der Waals surface area contributed by atoms with Crippen LogP contribution < -0.4 is 10.6 Å². The molecule has 1 heterocycles. The zero-order valence-electron chi connectivity index (χ0n) is 11.1. The van der Waals surface area contributed by atoms with Crippen LogP contribution in [-0.4, -0.2) is 24.5 Å². The Morgan fingerprint density at radius 1 is 1.09 bits per heavy atom. The number of carbonyl (C=O) groups excluding carboxylic acids is 2. The predicted octanol–water partition coefficient (Wildman–Crippen LogP) is 3.29. The Hall–Kier alpha value is -2.35. The van der Waals surface area contributed by atoms with Crippen molar-refractivity contribution in [3.05, 3.63) is 52.2 Å². The highest BCUT2D eigenvalue weighted by Crippen LogP contribution is 2.16. The fourth-order valence-electron chi connectivity index (χ4n) is 1.62. The van der Waals surface area contributed by atoms with Gasteiger partial charge in [0.2, 0.25) is 0 Å². The lowest BCUT2D eigenvalue weighted by Crippen LogP contribution is -2.33. The first-order valence-corrected chi connectivity index (χ1v) is 7.03. The third-order valence-electron chi connectivity index (χ3n) is 2.58. The highest BCUT2D eigenvalue weighted by Gasteiger charge is 2.27. The van der Waals surface area contributed by atoms with E-state index in [9.17, 15) is 22.8 Å². The monoisotopic (exact) mass is 328 g/mol. The van der Waals surface area contributed by atoms with Crippen LogP contribution in [0.25, 0.3) is 0 Å². The molecule has 2 N–H and O–H groups in total. The summed E-state index contributed by atoms with van der Waals surface area (Å²) in [5, 5.41) is 6.10. The minimum absolute atomic E-state index is 0.0354. The van der Waals surface area contributed by atoms with Gasteiger partial charge in [-0.1, -0.05) is 12.1 Å². The van der Waals surface area contributed by atoms with Crippen LogP contribution >= 0.6 is 11.3 Å². The summed E-state index contributed by atoms with van der Waals surface area (Å²) in [6.45, 7) is -1.41. The van der Waals surface area contributed by atoms with Crippen LogP contribution in [0.4, 0.5) is 18.9 Å². The van der Waals surface area contributed by atoms with Gasteiger partial charge in [0.25, 0.3) is 11.8 Å². The molecule has 0 fully saturated rings. The Balaban J connectivity index is 2.03. The van der Waals surface area contributed by atoms with Crippen LogP contribution in [-0.2, 0) is 0 Å². The summed E-state index contributed by atoms with van der Waals surface area (Å²) in [4.78, 5) is 24.0. The topological polar surface area (TPSA) is 58.2 Å². The third kappa shape index (κ3) is 4.59. The summed E-state index contributed by atoms with van der Waals surface area (Å²) in [5.41, 5.74) is 0.367. The summed E-state index contributed by atoms with van der Waals surface area (Å²) in [6, 6.07) is 9.07. The van der Waals surface area contributed by atoms with Crippen molar-refractivity contribution in [2.45, 2.75) is 6.18 Å². The van der Waals surface area contributed by atoms with Crippen LogP contribution in [0.2, 0.25) is 0 Å². The Morgan fingerprint density at radius 3 is 2.50 bits per heavy atom. The fraction of sp³-hybridized carbons (Fsp3) is 0.143. The smallest absolute Gasteiger partial charge is 0.343 e. The molecule has 0 saturated heterocycles. The van der Waals surface area contributed by atoms with Gasteiger partial charge in [-0.25, -0.2) is 0 Å². The quantitative estimate of drug-likeness (QED) is 0.905. The van der Waals surface area contributed by atoms with E-state index >= 15 is 0 Å². The molecule has 0 atom stereocenters. The maximum atomic E-state index is 12.1. The predicted molar refractivity (Wildman–Crippen MR) is 77.1 cm³/mol. The summed E-state index contributed by atoms with van der Waals surface area (Å²) < 4.78 is 36.2. The molecule has 116 valence electrons. The second-order valence-electron chi connectivity index (χ2n) is 4.31. The molecule has 0 saturated carbocycles. The normalized spacial score (nSPS) is 11.0. The largest absolute Gasteiger partial charge is 0.405 e. The van der Waals surface area contributed by atoms with Gasteiger partial charge in [0.15, 0.2) is 0 Å². The van der Waals surface area contributed by atoms with Crippen molar-refractivity contribution < 1.29 is 22.8 Å². The number of carbonyl (C=O) groups is 2. The van der Waals surface area contributed by atoms with Gasteiger partial charge in [0.05, 0.1) is 4.88 Å². The van der Waals surface area contributed by atoms with E-state index in [-0.39, 0.29) is 11.5 Å². The highest BCUT2D eigenvalue weighted by atomic mass is 32.1. The molecular formula is C14H11F3N2O2S. The maximum Gasteiger partial charge on any atom is 0.405 e. The first-order valence-electron chi connectivity index (χ1n) is 6.15. The number of halogens is 3. The van der Waals surface area contributed by atoms with Gasteiger partial charge in [0.1, 0.15) is 6.54 Å². The molecule has 2 rings (SSSR count). The van der Waals surface area contributed by atoms with Crippen molar-refractivity contribution in [1.82, 2.24) is 5.32 Å². The number of rotatable bonds is 4. The molecule has 0 aliphatic rings. The van der Waals surface area contributed by atoms with Crippen molar-refractivity contribution in [2.24, 2.45) is 0 Å². The molecule has 0 radical (unpaired) electrons. The minimum atomic E-state index is -4.47. The van der Waals surface area contributed by atoms with Gasteiger partial charge >= 0.3 is 6.18 Å². The molecule has 1 aromatic heterocycles. The van der Waals surface area contributed by atoms with Crippen LogP contribution in [0, 0.1) is 0 Å². The van der Waals surface area contributed by atoms with E-state index in [0.29, 0.717) is 10.6 Å². The van der Waals surface area contributed by atoms with Gasteiger partial charge in [-0.15, -0.1) is 11.3 Å². The number of anilines is 1. The van der Waals surface area contributed by atoms with Crippen molar-refractivity contribution >= 4 is 28.8 Å². The van der Waals surface area contributed by atoms with E-state index in [1.807, 2.05) is 0 Å². The maximum absolute atomic E-state index is 12.1. The van der Waals surface area contributed by atoms with E-state index in [1.54, 1.807) is 28.9 Å².